The van der Waals surface area contributed by atoms with Gasteiger partial charge in [0.05, 0.1) is 12.0 Å². The molecule has 5 N–H and O–H groups in total. The average molecular weight is 211 g/mol. The first-order chi connectivity index (χ1) is 6.29. The summed E-state index contributed by atoms with van der Waals surface area (Å²) in [5.41, 5.74) is 16.8. The molecule has 0 spiro atoms. The molecule has 82 valence electrons. The van der Waals surface area contributed by atoms with Crippen molar-refractivity contribution in [2.45, 2.75) is 25.6 Å². The van der Waals surface area contributed by atoms with Crippen LogP contribution in [0.15, 0.2) is 10.3 Å². The van der Waals surface area contributed by atoms with Gasteiger partial charge in [0, 0.05) is 0 Å². The van der Waals surface area contributed by atoms with Crippen LogP contribution in [0.3, 0.4) is 0 Å². The standard InChI is InChI=1S/C6H12F3N5/c1-3(6(7,8)9)2-4(10)5(11)13-14-12/h3-4H,2,10H2,1H3,(H3,11,12,13). The van der Waals surface area contributed by atoms with Crippen molar-refractivity contribution in [2.75, 3.05) is 0 Å². The summed E-state index contributed by atoms with van der Waals surface area (Å²) < 4.78 is 36.2. The molecule has 0 radical (unpaired) electrons. The highest BCUT2D eigenvalue weighted by atomic mass is 19.4. The monoisotopic (exact) mass is 211 g/mol. The molecular weight excluding hydrogens is 199 g/mol. The molecule has 2 unspecified atom stereocenters. The van der Waals surface area contributed by atoms with Gasteiger partial charge in [0.1, 0.15) is 5.84 Å². The van der Waals surface area contributed by atoms with Crippen LogP contribution in [0.25, 0.3) is 0 Å². The minimum atomic E-state index is -4.30. The first kappa shape index (κ1) is 12.8. The van der Waals surface area contributed by atoms with Gasteiger partial charge >= 0.3 is 6.18 Å². The molecule has 0 aromatic carbocycles. The van der Waals surface area contributed by atoms with Crippen LogP contribution in [0.4, 0.5) is 13.2 Å². The molecular formula is C6H12F3N5. The van der Waals surface area contributed by atoms with Crippen molar-refractivity contribution >= 4 is 5.84 Å². The third-order valence-electron chi connectivity index (χ3n) is 1.71. The Morgan fingerprint density at radius 1 is 1.50 bits per heavy atom. The normalized spacial score (nSPS) is 17.6. The van der Waals surface area contributed by atoms with E-state index in [-0.39, 0.29) is 12.3 Å². The minimum absolute atomic E-state index is 0.267. The summed E-state index contributed by atoms with van der Waals surface area (Å²) in [6, 6.07) is -1.03. The zero-order valence-corrected chi connectivity index (χ0v) is 7.54. The van der Waals surface area contributed by atoms with Crippen molar-refractivity contribution in [3.05, 3.63) is 0 Å². The fraction of sp³-hybridized carbons (Fsp3) is 0.833. The third kappa shape index (κ3) is 4.17. The van der Waals surface area contributed by atoms with Gasteiger partial charge in [-0.1, -0.05) is 12.1 Å². The second kappa shape index (κ2) is 4.89. The number of amidine groups is 1. The molecule has 0 aliphatic rings. The molecule has 5 nitrogen and oxygen atoms in total. The lowest BCUT2D eigenvalue weighted by molar-refractivity contribution is -0.171. The van der Waals surface area contributed by atoms with E-state index in [1.54, 1.807) is 0 Å². The molecule has 0 aromatic heterocycles. The second-order valence-corrected chi connectivity index (χ2v) is 2.91. The number of nitrogens with two attached hydrogens (primary N) is 2. The third-order valence-corrected chi connectivity index (χ3v) is 1.71. The Morgan fingerprint density at radius 2 is 2.00 bits per heavy atom. The molecule has 0 amide bonds. The Labute approximate surface area is 78.8 Å². The Bertz CT molecular complexity index is 224. The van der Waals surface area contributed by atoms with Crippen LogP contribution in [0.1, 0.15) is 13.3 Å². The van der Waals surface area contributed by atoms with E-state index in [2.05, 4.69) is 10.3 Å². The highest BCUT2D eigenvalue weighted by molar-refractivity contribution is 5.85. The van der Waals surface area contributed by atoms with E-state index in [4.69, 9.17) is 17.0 Å². The Hall–Kier alpha value is -1.18. The first-order valence-corrected chi connectivity index (χ1v) is 3.81. The first-order valence-electron chi connectivity index (χ1n) is 3.81. The molecule has 0 bridgehead atoms. The van der Waals surface area contributed by atoms with Gasteiger partial charge in [-0.25, -0.2) is 0 Å². The predicted molar refractivity (Wildman–Crippen MR) is 44.6 cm³/mol. The maximum Gasteiger partial charge on any atom is 0.391 e. The van der Waals surface area contributed by atoms with Crippen LogP contribution in [-0.4, -0.2) is 18.1 Å². The lowest BCUT2D eigenvalue weighted by Gasteiger charge is -2.18. The number of nitrogens with one attached hydrogen (secondary N) is 1. The fourth-order valence-corrected chi connectivity index (χ4v) is 0.767. The van der Waals surface area contributed by atoms with Crippen LogP contribution in [-0.2, 0) is 0 Å². The topological polar surface area (TPSA) is 101 Å². The smallest absolute Gasteiger partial charge is 0.384 e. The van der Waals surface area contributed by atoms with E-state index in [0.29, 0.717) is 0 Å². The molecule has 0 saturated heterocycles. The van der Waals surface area contributed by atoms with Crippen molar-refractivity contribution in [3.8, 4) is 0 Å². The van der Waals surface area contributed by atoms with Crippen molar-refractivity contribution in [2.24, 2.45) is 27.7 Å². The molecule has 0 aliphatic heterocycles. The Morgan fingerprint density at radius 3 is 2.36 bits per heavy atom. The van der Waals surface area contributed by atoms with E-state index in [0.717, 1.165) is 6.92 Å². The predicted octanol–water partition coefficient (Wildman–Crippen LogP) is 1.21. The quantitative estimate of drug-likeness (QED) is 0.281. The van der Waals surface area contributed by atoms with Crippen LogP contribution in [0.5, 0.6) is 0 Å². The van der Waals surface area contributed by atoms with E-state index in [1.807, 2.05) is 0 Å². The molecule has 0 rings (SSSR count). The van der Waals surface area contributed by atoms with Crippen LogP contribution >= 0.6 is 0 Å². The molecule has 0 aromatic rings. The highest BCUT2D eigenvalue weighted by Crippen LogP contribution is 2.28. The summed E-state index contributed by atoms with van der Waals surface area (Å²) in [6.07, 6.45) is -4.66. The second-order valence-electron chi connectivity index (χ2n) is 2.91. The van der Waals surface area contributed by atoms with Gasteiger partial charge in [-0.3, -0.25) is 0 Å². The summed E-state index contributed by atoms with van der Waals surface area (Å²) in [5.74, 6) is -1.83. The van der Waals surface area contributed by atoms with Crippen molar-refractivity contribution in [3.63, 3.8) is 0 Å². The number of hydrogen-bond donors (Lipinski definition) is 3. The number of hydrogen-bond acceptors (Lipinski definition) is 3. The van der Waals surface area contributed by atoms with Crippen molar-refractivity contribution in [1.82, 2.24) is 0 Å². The summed E-state index contributed by atoms with van der Waals surface area (Å²) in [4.78, 5) is 0. The van der Waals surface area contributed by atoms with Crippen LogP contribution in [0.2, 0.25) is 0 Å². The van der Waals surface area contributed by atoms with Gasteiger partial charge in [0.15, 0.2) is 0 Å². The van der Waals surface area contributed by atoms with Crippen molar-refractivity contribution in [1.29, 1.82) is 5.53 Å². The van der Waals surface area contributed by atoms with Crippen LogP contribution < -0.4 is 11.5 Å². The van der Waals surface area contributed by atoms with E-state index in [1.165, 1.54) is 0 Å². The number of alkyl halides is 3. The van der Waals surface area contributed by atoms with Crippen molar-refractivity contribution < 1.29 is 13.2 Å². The average Bonchev–Trinajstić information content (AvgIpc) is 2.02. The number of halogens is 3. The number of rotatable bonds is 4. The van der Waals surface area contributed by atoms with Gasteiger partial charge in [0.25, 0.3) is 0 Å². The zero-order chi connectivity index (χ0) is 11.4. The molecule has 0 aliphatic carbocycles. The molecule has 2 atom stereocenters. The van der Waals surface area contributed by atoms with E-state index in [9.17, 15) is 13.2 Å². The Kier molecular flexibility index (Phi) is 4.48. The minimum Gasteiger partial charge on any atom is -0.384 e. The molecule has 0 heterocycles. The number of nitrogens with zero attached hydrogens (tertiary/aromatic N) is 2. The zero-order valence-electron chi connectivity index (χ0n) is 7.54. The molecule has 0 saturated carbocycles. The summed E-state index contributed by atoms with van der Waals surface area (Å²) in [6.45, 7) is 1.00. The largest absolute Gasteiger partial charge is 0.391 e. The molecule has 8 heteroatoms. The van der Waals surface area contributed by atoms with Gasteiger partial charge in [-0.15, -0.1) is 5.10 Å². The van der Waals surface area contributed by atoms with Crippen LogP contribution in [0, 0.1) is 11.4 Å². The fourth-order valence-electron chi connectivity index (χ4n) is 0.767. The van der Waals surface area contributed by atoms with Gasteiger partial charge in [-0.05, 0) is 6.42 Å². The van der Waals surface area contributed by atoms with E-state index >= 15 is 0 Å². The lowest BCUT2D eigenvalue weighted by Crippen LogP contribution is -2.40. The van der Waals surface area contributed by atoms with E-state index < -0.39 is 18.1 Å². The SMILES string of the molecule is CC(CC(N)/C(N)=N/N=N)C(F)(F)F. The van der Waals surface area contributed by atoms with Gasteiger partial charge < -0.3 is 11.5 Å². The summed E-state index contributed by atoms with van der Waals surface area (Å²) >= 11 is 0. The van der Waals surface area contributed by atoms with Gasteiger partial charge in [-0.2, -0.15) is 18.7 Å². The summed E-state index contributed by atoms with van der Waals surface area (Å²) in [7, 11) is 0. The maximum atomic E-state index is 12.1. The molecule has 14 heavy (non-hydrogen) atoms. The molecule has 0 fully saturated rings. The maximum absolute atomic E-state index is 12.1. The lowest BCUT2D eigenvalue weighted by atomic mass is 10.0. The Balaban J connectivity index is 4.26. The summed E-state index contributed by atoms with van der Waals surface area (Å²) in [5, 5.41) is 5.63. The van der Waals surface area contributed by atoms with Gasteiger partial charge in [0.2, 0.25) is 0 Å². The highest BCUT2D eigenvalue weighted by Gasteiger charge is 2.37.